The molecule has 0 aliphatic heterocycles. The lowest BCUT2D eigenvalue weighted by atomic mass is 10.0. The van der Waals surface area contributed by atoms with Crippen molar-refractivity contribution in [2.45, 2.75) is 26.4 Å². The summed E-state index contributed by atoms with van der Waals surface area (Å²) < 4.78 is 30.9. The summed E-state index contributed by atoms with van der Waals surface area (Å²) in [4.78, 5) is 25.5. The van der Waals surface area contributed by atoms with Gasteiger partial charge in [-0.05, 0) is 46.7 Å². The predicted molar refractivity (Wildman–Crippen MR) is 149 cm³/mol. The molecule has 3 aromatic carbocycles. The largest absolute Gasteiger partial charge is 0.492 e. The number of aliphatic hydroxyl groups is 1. The van der Waals surface area contributed by atoms with Crippen LogP contribution in [0.3, 0.4) is 0 Å². The number of hydrogen-bond donors (Lipinski definition) is 3. The molecule has 0 unspecified atom stereocenters. The number of aliphatic hydroxyl groups excluding tert-OH is 1. The maximum Gasteiger partial charge on any atom is 0.407 e. The number of nitrogens with zero attached hydrogens (tertiary/aromatic N) is 1. The fourth-order valence-corrected chi connectivity index (χ4v) is 4.32. The summed E-state index contributed by atoms with van der Waals surface area (Å²) in [6.45, 7) is 4.46. The Balaban J connectivity index is 1.72. The lowest BCUT2D eigenvalue weighted by Crippen LogP contribution is -2.35. The van der Waals surface area contributed by atoms with Gasteiger partial charge in [-0.3, -0.25) is 4.79 Å². The van der Waals surface area contributed by atoms with Crippen molar-refractivity contribution in [1.82, 2.24) is 9.62 Å². The molecule has 1 atom stereocenters. The number of sulfonamides is 1. The van der Waals surface area contributed by atoms with E-state index in [1.807, 2.05) is 48.9 Å². The first-order chi connectivity index (χ1) is 18.4. The maximum atomic E-state index is 12.5. The van der Waals surface area contributed by atoms with Crippen LogP contribution in [0, 0.1) is 5.92 Å². The van der Waals surface area contributed by atoms with E-state index < -0.39 is 28.1 Å². The summed E-state index contributed by atoms with van der Waals surface area (Å²) in [6, 6.07) is 21.4. The SMILES string of the molecule is CC(C)COc1cc(-c2ccc(CCN(C[C@H](O)c3ccccc3)C(=O)O)cc2)ccc1C(=O)NS(C)(=O)=O. The summed E-state index contributed by atoms with van der Waals surface area (Å²) in [5.41, 5.74) is 3.31. The Morgan fingerprint density at radius 1 is 0.974 bits per heavy atom. The summed E-state index contributed by atoms with van der Waals surface area (Å²) >= 11 is 0. The summed E-state index contributed by atoms with van der Waals surface area (Å²) in [7, 11) is -3.73. The smallest absolute Gasteiger partial charge is 0.407 e. The van der Waals surface area contributed by atoms with Crippen LogP contribution in [0.5, 0.6) is 5.75 Å². The average molecular weight is 555 g/mol. The molecule has 0 aliphatic carbocycles. The Labute approximate surface area is 229 Å². The van der Waals surface area contributed by atoms with E-state index in [1.54, 1.807) is 36.4 Å². The van der Waals surface area contributed by atoms with Crippen LogP contribution in [0.1, 0.15) is 41.4 Å². The molecule has 0 saturated carbocycles. The minimum Gasteiger partial charge on any atom is -0.492 e. The highest BCUT2D eigenvalue weighted by molar-refractivity contribution is 7.89. The van der Waals surface area contributed by atoms with Crippen LogP contribution in [0.2, 0.25) is 0 Å². The Kier molecular flexibility index (Phi) is 10.1. The molecule has 208 valence electrons. The molecule has 10 heteroatoms. The van der Waals surface area contributed by atoms with Gasteiger partial charge >= 0.3 is 6.09 Å². The van der Waals surface area contributed by atoms with Crippen LogP contribution in [-0.4, -0.2) is 61.5 Å². The van der Waals surface area contributed by atoms with Crippen LogP contribution < -0.4 is 9.46 Å². The minimum atomic E-state index is -3.73. The van der Waals surface area contributed by atoms with Crippen LogP contribution in [0.25, 0.3) is 11.1 Å². The van der Waals surface area contributed by atoms with Gasteiger partial charge in [0, 0.05) is 6.54 Å². The summed E-state index contributed by atoms with van der Waals surface area (Å²) in [5, 5.41) is 20.0. The molecule has 0 heterocycles. The molecule has 0 saturated heterocycles. The number of benzene rings is 3. The van der Waals surface area contributed by atoms with E-state index in [9.17, 15) is 28.2 Å². The van der Waals surface area contributed by atoms with Gasteiger partial charge in [0.05, 0.1) is 31.1 Å². The van der Waals surface area contributed by atoms with Gasteiger partial charge in [0.25, 0.3) is 5.91 Å². The number of amides is 2. The standard InChI is InChI=1S/C29H34N2O7S/c1-20(2)19-38-27-17-24(13-14-25(27)28(33)30-39(3,36)37)22-11-9-21(10-12-22)15-16-31(29(34)35)18-26(32)23-7-5-4-6-8-23/h4-14,17,20,26,32H,15-16,18-19H2,1-3H3,(H,30,33)(H,34,35)/t26-/m0/s1. The Morgan fingerprint density at radius 2 is 1.62 bits per heavy atom. The van der Waals surface area contributed by atoms with Crippen LogP contribution in [-0.2, 0) is 16.4 Å². The number of ether oxygens (including phenoxy) is 1. The molecular weight excluding hydrogens is 520 g/mol. The molecule has 0 aliphatic rings. The van der Waals surface area contributed by atoms with E-state index in [0.717, 1.165) is 22.9 Å². The molecular formula is C29H34N2O7S. The Morgan fingerprint density at radius 3 is 2.21 bits per heavy atom. The number of hydrogen-bond acceptors (Lipinski definition) is 6. The van der Waals surface area contributed by atoms with E-state index in [4.69, 9.17) is 4.74 Å². The zero-order valence-electron chi connectivity index (χ0n) is 22.2. The second-order valence-corrected chi connectivity index (χ2v) is 11.5. The Bertz CT molecular complexity index is 1370. The molecule has 9 nitrogen and oxygen atoms in total. The van der Waals surface area contributed by atoms with Gasteiger partial charge in [0.2, 0.25) is 10.0 Å². The topological polar surface area (TPSA) is 133 Å². The zero-order chi connectivity index (χ0) is 28.6. The van der Waals surface area contributed by atoms with Gasteiger partial charge in [-0.15, -0.1) is 0 Å². The van der Waals surface area contributed by atoms with E-state index in [0.29, 0.717) is 18.6 Å². The first-order valence-electron chi connectivity index (χ1n) is 12.5. The van der Waals surface area contributed by atoms with Gasteiger partial charge < -0.3 is 19.8 Å². The Hall–Kier alpha value is -3.89. The number of nitrogens with one attached hydrogen (secondary N) is 1. The van der Waals surface area contributed by atoms with Crippen molar-refractivity contribution < 1.29 is 33.0 Å². The minimum absolute atomic E-state index is 0.0319. The molecule has 0 aromatic heterocycles. The highest BCUT2D eigenvalue weighted by Gasteiger charge is 2.19. The molecule has 2 amide bonds. The number of carbonyl (C=O) groups excluding carboxylic acids is 1. The first kappa shape index (κ1) is 29.7. The van der Waals surface area contributed by atoms with Gasteiger partial charge in [-0.2, -0.15) is 0 Å². The van der Waals surface area contributed by atoms with E-state index >= 15 is 0 Å². The van der Waals surface area contributed by atoms with E-state index in [1.165, 1.54) is 11.0 Å². The van der Waals surface area contributed by atoms with Gasteiger partial charge in [-0.1, -0.05) is 74.5 Å². The summed E-state index contributed by atoms with van der Waals surface area (Å²) in [5.74, 6) is -0.294. The number of carbonyl (C=O) groups is 2. The first-order valence-corrected chi connectivity index (χ1v) is 14.4. The molecule has 0 fully saturated rings. The van der Waals surface area contributed by atoms with Crippen molar-refractivity contribution in [3.05, 3.63) is 89.5 Å². The lowest BCUT2D eigenvalue weighted by molar-refractivity contribution is 0.0971. The number of rotatable bonds is 12. The highest BCUT2D eigenvalue weighted by Crippen LogP contribution is 2.28. The lowest BCUT2D eigenvalue weighted by Gasteiger charge is -2.22. The van der Waals surface area contributed by atoms with Gasteiger partial charge in [0.1, 0.15) is 5.75 Å². The van der Waals surface area contributed by atoms with E-state index in [2.05, 4.69) is 0 Å². The fourth-order valence-electron chi connectivity index (χ4n) is 3.87. The fraction of sp³-hybridized carbons (Fsp3) is 0.310. The normalized spacial score (nSPS) is 12.1. The van der Waals surface area contributed by atoms with Crippen LogP contribution in [0.15, 0.2) is 72.8 Å². The van der Waals surface area contributed by atoms with Crippen LogP contribution >= 0.6 is 0 Å². The molecule has 3 rings (SSSR count). The van der Waals surface area contributed by atoms with Crippen LogP contribution in [0.4, 0.5) is 4.79 Å². The average Bonchev–Trinajstić information content (AvgIpc) is 2.89. The molecule has 3 N–H and O–H groups in total. The monoisotopic (exact) mass is 554 g/mol. The highest BCUT2D eigenvalue weighted by atomic mass is 32.2. The zero-order valence-corrected chi connectivity index (χ0v) is 23.0. The third-order valence-electron chi connectivity index (χ3n) is 5.88. The summed E-state index contributed by atoms with van der Waals surface area (Å²) in [6.07, 6.45) is -0.646. The van der Waals surface area contributed by atoms with Crippen molar-refractivity contribution in [2.24, 2.45) is 5.92 Å². The second kappa shape index (κ2) is 13.3. The third kappa shape index (κ3) is 9.12. The van der Waals surface area contributed by atoms with E-state index in [-0.39, 0.29) is 30.3 Å². The molecule has 0 spiro atoms. The van der Waals surface area contributed by atoms with Crippen molar-refractivity contribution in [3.63, 3.8) is 0 Å². The third-order valence-corrected chi connectivity index (χ3v) is 6.44. The molecule has 0 bridgehead atoms. The van der Waals surface area contributed by atoms with Gasteiger partial charge in [0.15, 0.2) is 0 Å². The van der Waals surface area contributed by atoms with Crippen molar-refractivity contribution in [3.8, 4) is 16.9 Å². The second-order valence-electron chi connectivity index (χ2n) is 9.72. The van der Waals surface area contributed by atoms with Gasteiger partial charge in [-0.25, -0.2) is 17.9 Å². The quantitative estimate of drug-likeness (QED) is 0.303. The number of carboxylic acid groups (broad SMARTS) is 1. The molecule has 0 radical (unpaired) electrons. The van der Waals surface area contributed by atoms with Crippen molar-refractivity contribution in [2.75, 3.05) is 26.0 Å². The molecule has 39 heavy (non-hydrogen) atoms. The predicted octanol–water partition coefficient (Wildman–Crippen LogP) is 4.33. The molecule has 3 aromatic rings. The van der Waals surface area contributed by atoms with Crippen molar-refractivity contribution >= 4 is 22.0 Å². The van der Waals surface area contributed by atoms with Crippen molar-refractivity contribution in [1.29, 1.82) is 0 Å². The maximum absolute atomic E-state index is 12.5.